The van der Waals surface area contributed by atoms with E-state index < -0.39 is 0 Å². The van der Waals surface area contributed by atoms with E-state index >= 15 is 0 Å². The number of amides is 2. The molecule has 1 saturated heterocycles. The zero-order valence-corrected chi connectivity index (χ0v) is 17.1. The maximum atomic E-state index is 12.4. The molecule has 160 valence electrons. The number of aromatic hydroxyl groups is 2. The minimum atomic E-state index is -0.348. The van der Waals surface area contributed by atoms with E-state index in [2.05, 4.69) is 5.32 Å². The van der Waals surface area contributed by atoms with Crippen molar-refractivity contribution in [2.24, 2.45) is 0 Å². The number of hydrogen-bond acceptors (Lipinski definition) is 5. The van der Waals surface area contributed by atoms with E-state index in [4.69, 9.17) is 4.74 Å². The first-order chi connectivity index (χ1) is 14.4. The van der Waals surface area contributed by atoms with Crippen molar-refractivity contribution >= 4 is 11.8 Å². The summed E-state index contributed by atoms with van der Waals surface area (Å²) >= 11 is 0. The molecule has 7 heteroatoms. The number of piperidine rings is 1. The largest absolute Gasteiger partial charge is 0.508 e. The van der Waals surface area contributed by atoms with Crippen LogP contribution in [0.4, 0.5) is 0 Å². The second-order valence-corrected chi connectivity index (χ2v) is 7.63. The molecular formula is C23H28N2O5. The Morgan fingerprint density at radius 3 is 2.33 bits per heavy atom. The molecule has 0 atom stereocenters. The van der Waals surface area contributed by atoms with Crippen molar-refractivity contribution in [2.45, 2.75) is 38.6 Å². The van der Waals surface area contributed by atoms with Crippen molar-refractivity contribution in [2.75, 3.05) is 19.7 Å². The Hall–Kier alpha value is -3.22. The van der Waals surface area contributed by atoms with Crippen LogP contribution in [0.15, 0.2) is 42.5 Å². The van der Waals surface area contributed by atoms with Gasteiger partial charge in [0, 0.05) is 37.2 Å². The van der Waals surface area contributed by atoms with Crippen LogP contribution in [0.25, 0.3) is 0 Å². The molecule has 0 unspecified atom stereocenters. The summed E-state index contributed by atoms with van der Waals surface area (Å²) in [5.74, 6) is 0.243. The van der Waals surface area contributed by atoms with Gasteiger partial charge < -0.3 is 25.2 Å². The third-order valence-corrected chi connectivity index (χ3v) is 5.17. The van der Waals surface area contributed by atoms with Crippen LogP contribution in [0.2, 0.25) is 0 Å². The summed E-state index contributed by atoms with van der Waals surface area (Å²) < 4.78 is 5.66. The molecule has 2 aromatic carbocycles. The number of nitrogens with zero attached hydrogens (tertiary/aromatic N) is 1. The van der Waals surface area contributed by atoms with Crippen molar-refractivity contribution in [3.63, 3.8) is 0 Å². The number of phenols is 2. The molecule has 1 heterocycles. The van der Waals surface area contributed by atoms with Gasteiger partial charge in [-0.3, -0.25) is 9.59 Å². The van der Waals surface area contributed by atoms with E-state index in [1.807, 2.05) is 36.1 Å². The standard InChI is InChI=1S/C23H28N2O5/c1-16-4-6-21(7-5-16)30-12-2-3-22(28)25-10-8-18(9-11-25)24-23(29)17-13-19(26)15-20(27)14-17/h4-7,13-15,18,26-27H,2-3,8-12H2,1H3,(H,24,29). The van der Waals surface area contributed by atoms with Crippen LogP contribution in [0, 0.1) is 6.92 Å². The highest BCUT2D eigenvalue weighted by molar-refractivity contribution is 5.95. The van der Waals surface area contributed by atoms with Gasteiger partial charge in [0.25, 0.3) is 5.91 Å². The first kappa shape index (κ1) is 21.5. The maximum absolute atomic E-state index is 12.4. The molecule has 0 radical (unpaired) electrons. The molecule has 1 fully saturated rings. The summed E-state index contributed by atoms with van der Waals surface area (Å²) in [7, 11) is 0. The average Bonchev–Trinajstić information content (AvgIpc) is 2.72. The molecule has 0 bridgehead atoms. The van der Waals surface area contributed by atoms with E-state index in [9.17, 15) is 19.8 Å². The van der Waals surface area contributed by atoms with Crippen molar-refractivity contribution in [3.05, 3.63) is 53.6 Å². The lowest BCUT2D eigenvalue weighted by atomic mass is 10.0. The number of aryl methyl sites for hydroxylation is 1. The van der Waals surface area contributed by atoms with Crippen LogP contribution < -0.4 is 10.1 Å². The molecular weight excluding hydrogens is 384 g/mol. The number of carbonyl (C=O) groups excluding carboxylic acids is 2. The number of carbonyl (C=O) groups is 2. The summed E-state index contributed by atoms with van der Waals surface area (Å²) in [6, 6.07) is 11.6. The lowest BCUT2D eigenvalue weighted by Gasteiger charge is -2.32. The fourth-order valence-electron chi connectivity index (χ4n) is 3.47. The van der Waals surface area contributed by atoms with E-state index in [-0.39, 0.29) is 34.9 Å². The first-order valence-corrected chi connectivity index (χ1v) is 10.2. The zero-order valence-electron chi connectivity index (χ0n) is 17.1. The number of benzene rings is 2. The Balaban J connectivity index is 1.36. The van der Waals surface area contributed by atoms with Gasteiger partial charge >= 0.3 is 0 Å². The van der Waals surface area contributed by atoms with Crippen molar-refractivity contribution in [1.82, 2.24) is 10.2 Å². The Kier molecular flexibility index (Phi) is 7.17. The van der Waals surface area contributed by atoms with Crippen molar-refractivity contribution in [1.29, 1.82) is 0 Å². The van der Waals surface area contributed by atoms with E-state index in [0.29, 0.717) is 45.4 Å². The third-order valence-electron chi connectivity index (χ3n) is 5.17. The van der Waals surface area contributed by atoms with Crippen molar-refractivity contribution in [3.8, 4) is 17.2 Å². The third kappa shape index (κ3) is 6.14. The highest BCUT2D eigenvalue weighted by atomic mass is 16.5. The van der Waals surface area contributed by atoms with Crippen LogP contribution in [-0.2, 0) is 4.79 Å². The predicted molar refractivity (Wildman–Crippen MR) is 113 cm³/mol. The lowest BCUT2D eigenvalue weighted by molar-refractivity contribution is -0.132. The SMILES string of the molecule is Cc1ccc(OCCCC(=O)N2CCC(NC(=O)c3cc(O)cc(O)c3)CC2)cc1. The fraction of sp³-hybridized carbons (Fsp3) is 0.391. The molecule has 0 aliphatic carbocycles. The Bertz CT molecular complexity index is 853. The first-order valence-electron chi connectivity index (χ1n) is 10.2. The van der Waals surface area contributed by atoms with Gasteiger partial charge in [-0.15, -0.1) is 0 Å². The summed E-state index contributed by atoms with van der Waals surface area (Å²) in [6.45, 7) is 3.70. The number of ether oxygens (including phenoxy) is 1. The van der Waals surface area contributed by atoms with Crippen LogP contribution in [-0.4, -0.2) is 52.7 Å². The molecule has 3 rings (SSSR count). The number of phenolic OH excluding ortho intramolecular Hbond substituents is 2. The maximum Gasteiger partial charge on any atom is 0.251 e. The van der Waals surface area contributed by atoms with Gasteiger partial charge in [0.05, 0.1) is 6.61 Å². The summed E-state index contributed by atoms with van der Waals surface area (Å²) in [5.41, 5.74) is 1.39. The second kappa shape index (κ2) is 10.0. The Labute approximate surface area is 176 Å². The van der Waals surface area contributed by atoms with Gasteiger partial charge in [-0.05, 0) is 50.5 Å². The van der Waals surface area contributed by atoms with E-state index in [1.54, 1.807) is 0 Å². The summed E-state index contributed by atoms with van der Waals surface area (Å²) in [6.07, 6.45) is 2.43. The molecule has 2 aromatic rings. The number of nitrogens with one attached hydrogen (secondary N) is 1. The highest BCUT2D eigenvalue weighted by Crippen LogP contribution is 2.21. The second-order valence-electron chi connectivity index (χ2n) is 7.63. The van der Waals surface area contributed by atoms with Crippen LogP contribution in [0.3, 0.4) is 0 Å². The monoisotopic (exact) mass is 412 g/mol. The van der Waals surface area contributed by atoms with Crippen molar-refractivity contribution < 1.29 is 24.5 Å². The fourth-order valence-corrected chi connectivity index (χ4v) is 3.47. The Morgan fingerprint density at radius 1 is 1.07 bits per heavy atom. The summed E-state index contributed by atoms with van der Waals surface area (Å²) in [5, 5.41) is 21.9. The molecule has 7 nitrogen and oxygen atoms in total. The molecule has 0 aromatic heterocycles. The highest BCUT2D eigenvalue weighted by Gasteiger charge is 2.24. The average molecular weight is 412 g/mol. The Morgan fingerprint density at radius 2 is 1.70 bits per heavy atom. The number of likely N-dealkylation sites (tertiary alicyclic amines) is 1. The van der Waals surface area contributed by atoms with Gasteiger partial charge in [-0.25, -0.2) is 0 Å². The number of hydrogen-bond donors (Lipinski definition) is 3. The topological polar surface area (TPSA) is 99.1 Å². The predicted octanol–water partition coefficient (Wildman–Crippen LogP) is 2.99. The molecule has 30 heavy (non-hydrogen) atoms. The van der Waals surface area contributed by atoms with Gasteiger partial charge in [-0.2, -0.15) is 0 Å². The minimum Gasteiger partial charge on any atom is -0.508 e. The molecule has 0 spiro atoms. The summed E-state index contributed by atoms with van der Waals surface area (Å²) in [4.78, 5) is 26.5. The zero-order chi connectivity index (χ0) is 21.5. The lowest BCUT2D eigenvalue weighted by Crippen LogP contribution is -2.46. The van der Waals surface area contributed by atoms with Gasteiger partial charge in [0.15, 0.2) is 0 Å². The van der Waals surface area contributed by atoms with Gasteiger partial charge in [0.2, 0.25) is 5.91 Å². The van der Waals surface area contributed by atoms with Crippen LogP contribution >= 0.6 is 0 Å². The molecule has 0 saturated carbocycles. The quantitative estimate of drug-likeness (QED) is 0.607. The molecule has 3 N–H and O–H groups in total. The van der Waals surface area contributed by atoms with Gasteiger partial charge in [-0.1, -0.05) is 17.7 Å². The van der Waals surface area contributed by atoms with Gasteiger partial charge in [0.1, 0.15) is 17.2 Å². The van der Waals surface area contributed by atoms with E-state index in [1.165, 1.54) is 23.8 Å². The molecule has 2 amide bonds. The van der Waals surface area contributed by atoms with Crippen LogP contribution in [0.5, 0.6) is 17.2 Å². The minimum absolute atomic E-state index is 0.0455. The molecule has 1 aliphatic rings. The smallest absolute Gasteiger partial charge is 0.251 e. The molecule has 1 aliphatic heterocycles. The van der Waals surface area contributed by atoms with E-state index in [0.717, 1.165) is 5.75 Å². The number of rotatable bonds is 7. The normalized spacial score (nSPS) is 14.4. The van der Waals surface area contributed by atoms with Crippen LogP contribution in [0.1, 0.15) is 41.6 Å².